The SMILES string of the molecule is O=C(C[C@@H]1C[C@H]2CC[C@H]1C2)NC[C@H](c1ccccc1Cl)N1CCCC1. The van der Waals surface area contributed by atoms with Gasteiger partial charge in [-0.1, -0.05) is 36.2 Å². The third-order valence-electron chi connectivity index (χ3n) is 6.67. The Morgan fingerprint density at radius 3 is 2.68 bits per heavy atom. The summed E-state index contributed by atoms with van der Waals surface area (Å²) in [5, 5.41) is 4.04. The number of benzene rings is 1. The first-order valence-electron chi connectivity index (χ1n) is 9.96. The normalized spacial score (nSPS) is 29.9. The van der Waals surface area contributed by atoms with Crippen molar-refractivity contribution < 1.29 is 4.79 Å². The van der Waals surface area contributed by atoms with Crippen molar-refractivity contribution in [1.82, 2.24) is 10.2 Å². The quantitative estimate of drug-likeness (QED) is 0.814. The summed E-state index contributed by atoms with van der Waals surface area (Å²) in [6, 6.07) is 8.27. The van der Waals surface area contributed by atoms with Crippen molar-refractivity contribution in [1.29, 1.82) is 0 Å². The summed E-state index contributed by atoms with van der Waals surface area (Å²) in [6.07, 6.45) is 8.58. The highest BCUT2D eigenvalue weighted by Gasteiger charge is 2.40. The van der Waals surface area contributed by atoms with Crippen LogP contribution < -0.4 is 5.32 Å². The molecule has 1 saturated heterocycles. The van der Waals surface area contributed by atoms with Gasteiger partial charge in [-0.15, -0.1) is 0 Å². The average Bonchev–Trinajstić information content (AvgIpc) is 3.34. The molecule has 1 aliphatic heterocycles. The molecule has 0 unspecified atom stereocenters. The van der Waals surface area contributed by atoms with Gasteiger partial charge in [0.25, 0.3) is 0 Å². The van der Waals surface area contributed by atoms with Crippen LogP contribution in [0.2, 0.25) is 5.02 Å². The van der Waals surface area contributed by atoms with Crippen LogP contribution in [0.1, 0.15) is 56.6 Å². The van der Waals surface area contributed by atoms with Crippen LogP contribution in [0.15, 0.2) is 24.3 Å². The molecular weight excluding hydrogens is 332 g/mol. The topological polar surface area (TPSA) is 32.3 Å². The number of carbonyl (C=O) groups is 1. The van der Waals surface area contributed by atoms with Crippen molar-refractivity contribution in [3.63, 3.8) is 0 Å². The maximum Gasteiger partial charge on any atom is 0.220 e. The number of fused-ring (bicyclic) bond motifs is 2. The molecule has 2 aliphatic carbocycles. The van der Waals surface area contributed by atoms with Crippen molar-refractivity contribution >= 4 is 17.5 Å². The fourth-order valence-corrected chi connectivity index (χ4v) is 5.64. The smallest absolute Gasteiger partial charge is 0.220 e. The summed E-state index contributed by atoms with van der Waals surface area (Å²) >= 11 is 6.45. The van der Waals surface area contributed by atoms with Crippen molar-refractivity contribution in [2.45, 2.75) is 51.0 Å². The van der Waals surface area contributed by atoms with Gasteiger partial charge < -0.3 is 5.32 Å². The largest absolute Gasteiger partial charge is 0.354 e. The lowest BCUT2D eigenvalue weighted by molar-refractivity contribution is -0.122. The maximum atomic E-state index is 12.5. The average molecular weight is 361 g/mol. The minimum atomic E-state index is 0.195. The van der Waals surface area contributed by atoms with E-state index < -0.39 is 0 Å². The van der Waals surface area contributed by atoms with E-state index in [1.807, 2.05) is 18.2 Å². The molecular formula is C21H29ClN2O. The molecule has 4 heteroatoms. The van der Waals surface area contributed by atoms with Crippen molar-refractivity contribution in [2.24, 2.45) is 17.8 Å². The summed E-state index contributed by atoms with van der Waals surface area (Å²) in [5.41, 5.74) is 1.14. The number of rotatable bonds is 6. The lowest BCUT2D eigenvalue weighted by Crippen LogP contribution is -2.37. The van der Waals surface area contributed by atoms with Crippen molar-refractivity contribution in [3.8, 4) is 0 Å². The van der Waals surface area contributed by atoms with Crippen LogP contribution in [0, 0.1) is 17.8 Å². The molecule has 2 bridgehead atoms. The van der Waals surface area contributed by atoms with Crippen LogP contribution in [-0.4, -0.2) is 30.4 Å². The number of nitrogens with one attached hydrogen (secondary N) is 1. The summed E-state index contributed by atoms with van der Waals surface area (Å²) in [6.45, 7) is 2.86. The summed E-state index contributed by atoms with van der Waals surface area (Å²) < 4.78 is 0. The zero-order valence-corrected chi connectivity index (χ0v) is 15.7. The number of nitrogens with zero attached hydrogens (tertiary/aromatic N) is 1. The van der Waals surface area contributed by atoms with E-state index in [-0.39, 0.29) is 11.9 Å². The molecule has 25 heavy (non-hydrogen) atoms. The van der Waals surface area contributed by atoms with Crippen LogP contribution in [0.5, 0.6) is 0 Å². The molecule has 0 radical (unpaired) electrons. The minimum absolute atomic E-state index is 0.195. The van der Waals surface area contributed by atoms with Gasteiger partial charge in [0.15, 0.2) is 0 Å². The Morgan fingerprint density at radius 1 is 1.20 bits per heavy atom. The van der Waals surface area contributed by atoms with Gasteiger partial charge in [-0.2, -0.15) is 0 Å². The van der Waals surface area contributed by atoms with Crippen LogP contribution in [-0.2, 0) is 4.79 Å². The highest BCUT2D eigenvalue weighted by Crippen LogP contribution is 2.49. The Morgan fingerprint density at radius 2 is 2.00 bits per heavy atom. The first kappa shape index (κ1) is 17.4. The molecule has 1 amide bonds. The van der Waals surface area contributed by atoms with Gasteiger partial charge in [0.1, 0.15) is 0 Å². The monoisotopic (exact) mass is 360 g/mol. The van der Waals surface area contributed by atoms with E-state index in [2.05, 4.69) is 16.3 Å². The second-order valence-electron chi connectivity index (χ2n) is 8.22. The van der Waals surface area contributed by atoms with Crippen molar-refractivity contribution in [2.75, 3.05) is 19.6 Å². The molecule has 4 rings (SSSR count). The highest BCUT2D eigenvalue weighted by molar-refractivity contribution is 6.31. The number of hydrogen-bond donors (Lipinski definition) is 1. The second kappa shape index (κ2) is 7.67. The maximum absolute atomic E-state index is 12.5. The Balaban J connectivity index is 1.37. The fraction of sp³-hybridized carbons (Fsp3) is 0.667. The van der Waals surface area contributed by atoms with E-state index >= 15 is 0 Å². The molecule has 1 N–H and O–H groups in total. The number of hydrogen-bond acceptors (Lipinski definition) is 2. The number of halogens is 1. The fourth-order valence-electron chi connectivity index (χ4n) is 5.38. The Hall–Kier alpha value is -1.06. The highest BCUT2D eigenvalue weighted by atomic mass is 35.5. The lowest BCUT2D eigenvalue weighted by atomic mass is 9.86. The predicted molar refractivity (Wildman–Crippen MR) is 102 cm³/mol. The predicted octanol–water partition coefficient (Wildman–Crippen LogP) is 4.42. The third-order valence-corrected chi connectivity index (χ3v) is 7.01. The van der Waals surface area contributed by atoms with Gasteiger partial charge in [-0.3, -0.25) is 9.69 Å². The van der Waals surface area contributed by atoms with Gasteiger partial charge in [-0.05, 0) is 74.6 Å². The van der Waals surface area contributed by atoms with E-state index in [1.165, 1.54) is 38.5 Å². The molecule has 3 nitrogen and oxygen atoms in total. The molecule has 3 aliphatic rings. The molecule has 4 atom stereocenters. The zero-order valence-electron chi connectivity index (χ0n) is 14.9. The van der Waals surface area contributed by atoms with E-state index in [1.54, 1.807) is 0 Å². The first-order valence-corrected chi connectivity index (χ1v) is 10.3. The second-order valence-corrected chi connectivity index (χ2v) is 8.63. The molecule has 3 fully saturated rings. The van der Waals surface area contributed by atoms with Gasteiger partial charge in [-0.25, -0.2) is 0 Å². The molecule has 1 aromatic carbocycles. The minimum Gasteiger partial charge on any atom is -0.354 e. The van der Waals surface area contributed by atoms with E-state index in [0.717, 1.165) is 41.9 Å². The molecule has 136 valence electrons. The van der Waals surface area contributed by atoms with Crippen LogP contribution >= 0.6 is 11.6 Å². The third kappa shape index (κ3) is 3.88. The summed E-state index contributed by atoms with van der Waals surface area (Å²) in [7, 11) is 0. The number of likely N-dealkylation sites (tertiary alicyclic amines) is 1. The van der Waals surface area contributed by atoms with Crippen LogP contribution in [0.4, 0.5) is 0 Å². The molecule has 0 spiro atoms. The standard InChI is InChI=1S/C21H29ClN2O/c22-19-6-2-1-5-18(19)20(24-9-3-4-10-24)14-23-21(25)13-17-12-15-7-8-16(17)11-15/h1-2,5-6,15-17,20H,3-4,7-14H2,(H,23,25)/t15-,16-,17-,20+/m0/s1. The summed E-state index contributed by atoms with van der Waals surface area (Å²) in [4.78, 5) is 15.0. The molecule has 2 saturated carbocycles. The van der Waals surface area contributed by atoms with Gasteiger partial charge in [0.05, 0.1) is 6.04 Å². The Bertz CT molecular complexity index is 614. The molecule has 1 heterocycles. The van der Waals surface area contributed by atoms with Gasteiger partial charge in [0.2, 0.25) is 5.91 Å². The van der Waals surface area contributed by atoms with E-state index in [0.29, 0.717) is 12.5 Å². The summed E-state index contributed by atoms with van der Waals surface area (Å²) in [5.74, 6) is 2.58. The Labute approximate surface area is 156 Å². The Kier molecular flexibility index (Phi) is 5.33. The van der Waals surface area contributed by atoms with E-state index in [4.69, 9.17) is 11.6 Å². The number of amides is 1. The lowest BCUT2D eigenvalue weighted by Gasteiger charge is -2.29. The van der Waals surface area contributed by atoms with E-state index in [9.17, 15) is 4.79 Å². The number of carbonyl (C=O) groups excluding carboxylic acids is 1. The van der Waals surface area contributed by atoms with Gasteiger partial charge in [0, 0.05) is 18.0 Å². The zero-order chi connectivity index (χ0) is 17.2. The first-order chi connectivity index (χ1) is 12.2. The molecule has 1 aromatic rings. The van der Waals surface area contributed by atoms with Crippen molar-refractivity contribution in [3.05, 3.63) is 34.9 Å². The van der Waals surface area contributed by atoms with Crippen LogP contribution in [0.3, 0.4) is 0 Å². The van der Waals surface area contributed by atoms with Crippen LogP contribution in [0.25, 0.3) is 0 Å². The molecule has 0 aromatic heterocycles. The van der Waals surface area contributed by atoms with Gasteiger partial charge >= 0.3 is 0 Å².